The molecule has 84 valence electrons. The van der Waals surface area contributed by atoms with Gasteiger partial charge >= 0.3 is 0 Å². The van der Waals surface area contributed by atoms with E-state index in [2.05, 4.69) is 30.9 Å². The van der Waals surface area contributed by atoms with E-state index in [0.717, 1.165) is 36.8 Å². The molecule has 1 fully saturated rings. The maximum atomic E-state index is 5.35. The van der Waals surface area contributed by atoms with Crippen molar-refractivity contribution in [3.63, 3.8) is 0 Å². The van der Waals surface area contributed by atoms with Gasteiger partial charge in [0.05, 0.1) is 0 Å². The average Bonchev–Trinajstić information content (AvgIpc) is 2.20. The van der Waals surface area contributed by atoms with Crippen molar-refractivity contribution < 1.29 is 4.74 Å². The minimum atomic E-state index is 0.740. The highest BCUT2D eigenvalue weighted by molar-refractivity contribution is 8.00. The minimum Gasteiger partial charge on any atom is -0.381 e. The van der Waals surface area contributed by atoms with Crippen LogP contribution in [0.5, 0.6) is 0 Å². The smallest absolute Gasteiger partial charge is 0.0476 e. The van der Waals surface area contributed by atoms with Crippen molar-refractivity contribution in [3.05, 3.63) is 0 Å². The fourth-order valence-corrected chi connectivity index (χ4v) is 3.01. The first kappa shape index (κ1) is 12.3. The number of hydrogen-bond acceptors (Lipinski definition) is 3. The highest BCUT2D eigenvalue weighted by Crippen LogP contribution is 2.25. The Hall–Kier alpha value is 0.270. The zero-order chi connectivity index (χ0) is 10.2. The molecule has 0 amide bonds. The van der Waals surface area contributed by atoms with Crippen LogP contribution in [0.1, 0.15) is 33.1 Å². The highest BCUT2D eigenvalue weighted by Gasteiger charge is 2.16. The van der Waals surface area contributed by atoms with Crippen molar-refractivity contribution >= 4 is 11.8 Å². The van der Waals surface area contributed by atoms with Gasteiger partial charge in [0.15, 0.2) is 0 Å². The van der Waals surface area contributed by atoms with E-state index in [-0.39, 0.29) is 0 Å². The van der Waals surface area contributed by atoms with Crippen LogP contribution in [0.3, 0.4) is 0 Å². The molecular formula is C11H23NOS. The summed E-state index contributed by atoms with van der Waals surface area (Å²) in [6.07, 6.45) is 3.71. The summed E-state index contributed by atoms with van der Waals surface area (Å²) in [6.45, 7) is 8.76. The van der Waals surface area contributed by atoms with Crippen LogP contribution in [0, 0.1) is 0 Å². The van der Waals surface area contributed by atoms with E-state index < -0.39 is 0 Å². The van der Waals surface area contributed by atoms with Gasteiger partial charge in [0.2, 0.25) is 0 Å². The largest absolute Gasteiger partial charge is 0.381 e. The van der Waals surface area contributed by atoms with Crippen LogP contribution < -0.4 is 5.32 Å². The van der Waals surface area contributed by atoms with Gasteiger partial charge in [-0.1, -0.05) is 13.8 Å². The Morgan fingerprint density at radius 1 is 1.43 bits per heavy atom. The summed E-state index contributed by atoms with van der Waals surface area (Å²) < 4.78 is 5.35. The third kappa shape index (κ3) is 5.23. The molecule has 0 aliphatic carbocycles. The van der Waals surface area contributed by atoms with Crippen molar-refractivity contribution in [2.24, 2.45) is 0 Å². The second kappa shape index (κ2) is 7.55. The van der Waals surface area contributed by atoms with Crippen LogP contribution in [-0.4, -0.2) is 36.8 Å². The maximum absolute atomic E-state index is 5.35. The molecule has 1 aliphatic heterocycles. The molecule has 0 bridgehead atoms. The average molecular weight is 217 g/mol. The Morgan fingerprint density at radius 2 is 2.14 bits per heavy atom. The predicted molar refractivity (Wildman–Crippen MR) is 64.1 cm³/mol. The topological polar surface area (TPSA) is 21.3 Å². The summed E-state index contributed by atoms with van der Waals surface area (Å²) >= 11 is 2.13. The Kier molecular flexibility index (Phi) is 6.65. The number of nitrogens with one attached hydrogen (secondary N) is 1. The fourth-order valence-electron chi connectivity index (χ4n) is 1.67. The lowest BCUT2D eigenvalue weighted by Crippen LogP contribution is -2.27. The van der Waals surface area contributed by atoms with Gasteiger partial charge in [-0.2, -0.15) is 11.8 Å². The standard InChI is InChI=1S/C11H23NOS/c1-3-6-12-9-10(2)14-11-4-7-13-8-5-11/h10-12H,3-9H2,1-2H3. The molecule has 1 saturated heterocycles. The van der Waals surface area contributed by atoms with E-state index in [1.165, 1.54) is 19.3 Å². The molecule has 1 heterocycles. The van der Waals surface area contributed by atoms with Gasteiger partial charge < -0.3 is 10.1 Å². The van der Waals surface area contributed by atoms with Gasteiger partial charge in [-0.15, -0.1) is 0 Å². The van der Waals surface area contributed by atoms with E-state index in [9.17, 15) is 0 Å². The molecular weight excluding hydrogens is 194 g/mol. The molecule has 1 rings (SSSR count). The summed E-state index contributed by atoms with van der Waals surface area (Å²) in [5.74, 6) is 0. The third-order valence-corrected chi connectivity index (χ3v) is 3.94. The van der Waals surface area contributed by atoms with Gasteiger partial charge in [0, 0.05) is 30.3 Å². The normalized spacial score (nSPS) is 21.0. The Balaban J connectivity index is 2.03. The molecule has 2 nitrogen and oxygen atoms in total. The minimum absolute atomic E-state index is 0.740. The zero-order valence-electron chi connectivity index (χ0n) is 9.42. The third-order valence-electron chi connectivity index (χ3n) is 2.45. The van der Waals surface area contributed by atoms with Crippen LogP contribution in [-0.2, 0) is 4.74 Å². The second-order valence-electron chi connectivity index (χ2n) is 3.96. The van der Waals surface area contributed by atoms with Crippen LogP contribution in [0.2, 0.25) is 0 Å². The molecule has 1 atom stereocenters. The first-order chi connectivity index (χ1) is 6.83. The fraction of sp³-hybridized carbons (Fsp3) is 1.00. The zero-order valence-corrected chi connectivity index (χ0v) is 10.2. The molecule has 0 saturated carbocycles. The summed E-state index contributed by atoms with van der Waals surface area (Å²) in [5, 5.41) is 5.05. The molecule has 1 aliphatic rings. The van der Waals surface area contributed by atoms with E-state index in [4.69, 9.17) is 4.74 Å². The molecule has 0 aromatic rings. The van der Waals surface area contributed by atoms with Gasteiger partial charge in [0.25, 0.3) is 0 Å². The lowest BCUT2D eigenvalue weighted by Gasteiger charge is -2.24. The highest BCUT2D eigenvalue weighted by atomic mass is 32.2. The summed E-state index contributed by atoms with van der Waals surface area (Å²) in [6, 6.07) is 0. The number of ether oxygens (including phenoxy) is 1. The molecule has 0 aromatic carbocycles. The van der Waals surface area contributed by atoms with Crippen molar-refractivity contribution in [1.29, 1.82) is 0 Å². The van der Waals surface area contributed by atoms with Crippen LogP contribution in [0.15, 0.2) is 0 Å². The van der Waals surface area contributed by atoms with Gasteiger partial charge in [0.1, 0.15) is 0 Å². The Labute approximate surface area is 92.2 Å². The quantitative estimate of drug-likeness (QED) is 0.690. The van der Waals surface area contributed by atoms with Crippen molar-refractivity contribution in [2.75, 3.05) is 26.3 Å². The maximum Gasteiger partial charge on any atom is 0.0476 e. The van der Waals surface area contributed by atoms with Gasteiger partial charge in [-0.05, 0) is 25.8 Å². The van der Waals surface area contributed by atoms with Crippen LogP contribution in [0.25, 0.3) is 0 Å². The summed E-state index contributed by atoms with van der Waals surface area (Å²) in [4.78, 5) is 0. The Morgan fingerprint density at radius 3 is 2.79 bits per heavy atom. The molecule has 0 aromatic heterocycles. The molecule has 1 N–H and O–H groups in total. The summed E-state index contributed by atoms with van der Waals surface area (Å²) in [7, 11) is 0. The molecule has 3 heteroatoms. The Bertz CT molecular complexity index is 137. The van der Waals surface area contributed by atoms with Crippen molar-refractivity contribution in [3.8, 4) is 0 Å². The predicted octanol–water partition coefficient (Wildman–Crippen LogP) is 2.29. The van der Waals surface area contributed by atoms with E-state index >= 15 is 0 Å². The monoisotopic (exact) mass is 217 g/mol. The van der Waals surface area contributed by atoms with Crippen molar-refractivity contribution in [2.45, 2.75) is 43.6 Å². The summed E-state index contributed by atoms with van der Waals surface area (Å²) in [5.41, 5.74) is 0. The van der Waals surface area contributed by atoms with E-state index in [1.807, 2.05) is 0 Å². The lowest BCUT2D eigenvalue weighted by atomic mass is 10.2. The van der Waals surface area contributed by atoms with E-state index in [1.54, 1.807) is 0 Å². The lowest BCUT2D eigenvalue weighted by molar-refractivity contribution is 0.0999. The second-order valence-corrected chi connectivity index (χ2v) is 5.71. The number of thioether (sulfide) groups is 1. The van der Waals surface area contributed by atoms with Crippen LogP contribution >= 0.6 is 11.8 Å². The van der Waals surface area contributed by atoms with Crippen molar-refractivity contribution in [1.82, 2.24) is 5.32 Å². The molecule has 0 radical (unpaired) electrons. The molecule has 14 heavy (non-hydrogen) atoms. The molecule has 0 spiro atoms. The van der Waals surface area contributed by atoms with Gasteiger partial charge in [-0.25, -0.2) is 0 Å². The first-order valence-electron chi connectivity index (χ1n) is 5.77. The number of hydrogen-bond donors (Lipinski definition) is 1. The number of rotatable bonds is 6. The molecule has 1 unspecified atom stereocenters. The van der Waals surface area contributed by atoms with Gasteiger partial charge in [-0.3, -0.25) is 0 Å². The van der Waals surface area contributed by atoms with Crippen LogP contribution in [0.4, 0.5) is 0 Å². The first-order valence-corrected chi connectivity index (χ1v) is 6.71. The van der Waals surface area contributed by atoms with E-state index in [0.29, 0.717) is 0 Å². The SMILES string of the molecule is CCCNCC(C)SC1CCOCC1.